The van der Waals surface area contributed by atoms with Gasteiger partial charge in [-0.3, -0.25) is 4.79 Å². The first-order valence-corrected chi connectivity index (χ1v) is 0.993. The van der Waals surface area contributed by atoms with Gasteiger partial charge in [-0.15, -0.1) is 0 Å². The van der Waals surface area contributed by atoms with E-state index in [0.717, 1.165) is 0 Å². The molecule has 0 aliphatic heterocycles. The summed E-state index contributed by atoms with van der Waals surface area (Å²) in [5.41, 5.74) is 4.47. The van der Waals surface area contributed by atoms with Crippen LogP contribution in [0.4, 0.5) is 0 Å². The Labute approximate surface area is 60.7 Å². The number of amides is 1. The zero-order valence-electron chi connectivity index (χ0n) is 2.84. The molecule has 0 rings (SSSR count). The second kappa shape index (κ2) is 4.73. The minimum Gasteiger partial charge on any atom is -0.370 e. The summed E-state index contributed by atoms with van der Waals surface area (Å²) in [5, 5.41) is 0. The second-order valence-electron chi connectivity index (χ2n) is 0.611. The van der Waals surface area contributed by atoms with Gasteiger partial charge in [-0.1, -0.05) is 0 Å². The molecule has 0 radical (unpaired) electrons. The number of primary amides is 1. The Morgan fingerprint density at radius 1 is 1.80 bits per heavy atom. The van der Waals surface area contributed by atoms with Gasteiger partial charge in [-0.25, -0.2) is 0 Å². The van der Waals surface area contributed by atoms with Gasteiger partial charge in [0.25, 0.3) is 0 Å². The monoisotopic (exact) mass is 99.0 g/mol. The van der Waals surface area contributed by atoms with Crippen molar-refractivity contribution in [3.8, 4) is 0 Å². The van der Waals surface area contributed by atoms with Crippen molar-refractivity contribution in [2.45, 2.75) is 6.92 Å². The molecule has 0 aliphatic carbocycles. The number of rotatable bonds is 0. The summed E-state index contributed by atoms with van der Waals surface area (Å²) >= 11 is 0. The second-order valence-corrected chi connectivity index (χ2v) is 0.611. The minimum absolute atomic E-state index is 0. The first-order valence-electron chi connectivity index (χ1n) is 0.993. The van der Waals surface area contributed by atoms with Crippen molar-refractivity contribution in [1.82, 2.24) is 0 Å². The normalized spacial score (nSPS) is 5.00. The van der Waals surface area contributed by atoms with Crippen LogP contribution in [0.1, 0.15) is 6.92 Å². The van der Waals surface area contributed by atoms with Crippen molar-refractivity contribution in [3.63, 3.8) is 0 Å². The Kier molecular flexibility index (Phi) is 8.72. The summed E-state index contributed by atoms with van der Waals surface area (Å²) in [6.45, 7) is 1.31. The summed E-state index contributed by atoms with van der Waals surface area (Å²) in [5.74, 6) is -0.333. The van der Waals surface area contributed by atoms with E-state index in [-0.39, 0.29) is 43.6 Å². The largest absolute Gasteiger partial charge is 0.370 e. The molecule has 2 N–H and O–H groups in total. The van der Waals surface area contributed by atoms with E-state index in [2.05, 4.69) is 5.73 Å². The molecule has 0 aliphatic rings. The van der Waals surface area contributed by atoms with Crippen LogP contribution in [0.2, 0.25) is 0 Å². The van der Waals surface area contributed by atoms with Crippen molar-refractivity contribution in [2.75, 3.05) is 0 Å². The van der Waals surface area contributed by atoms with E-state index in [0.29, 0.717) is 0 Å². The molecule has 0 spiro atoms. The van der Waals surface area contributed by atoms with Crippen molar-refractivity contribution in [1.29, 1.82) is 0 Å². The maximum Gasteiger partial charge on any atom is 0.214 e. The van der Waals surface area contributed by atoms with E-state index in [1.807, 2.05) is 0 Å². The summed E-state index contributed by atoms with van der Waals surface area (Å²) in [6.07, 6.45) is 0. The van der Waals surface area contributed by atoms with Gasteiger partial charge in [0.2, 0.25) is 5.91 Å². The minimum atomic E-state index is -0.333. The van der Waals surface area contributed by atoms with Crippen LogP contribution in [0, 0.1) is 37.7 Å². The number of hydrogen-bond donors (Lipinski definition) is 1. The zero-order valence-corrected chi connectivity index (χ0v) is 3.55. The molecular formula is C2H5ArNO. The molecule has 2 nitrogen and oxygen atoms in total. The van der Waals surface area contributed by atoms with Crippen molar-refractivity contribution < 1.29 is 42.5 Å². The maximum absolute atomic E-state index is 9.22. The van der Waals surface area contributed by atoms with Gasteiger partial charge in [0.05, 0.1) is 0 Å². The number of carbonyl (C=O) groups excluding carboxylic acids is 1. The van der Waals surface area contributed by atoms with Crippen LogP contribution in [0.15, 0.2) is 0 Å². The van der Waals surface area contributed by atoms with Crippen molar-refractivity contribution in [2.24, 2.45) is 5.73 Å². The van der Waals surface area contributed by atoms with Gasteiger partial charge in [0.15, 0.2) is 0 Å². The van der Waals surface area contributed by atoms with Gasteiger partial charge < -0.3 is 5.73 Å². The van der Waals surface area contributed by atoms with E-state index >= 15 is 0 Å². The van der Waals surface area contributed by atoms with Gasteiger partial charge in [-0.05, 0) is 0 Å². The molecule has 32 valence electrons. The number of hydrogen-bond acceptors (Lipinski definition) is 1. The molecule has 0 unspecified atom stereocenters. The SMILES string of the molecule is CC(N)=O.[Ar]. The van der Waals surface area contributed by atoms with Gasteiger partial charge in [-0.2, -0.15) is 0 Å². The summed E-state index contributed by atoms with van der Waals surface area (Å²) in [6, 6.07) is 0. The Morgan fingerprint density at radius 3 is 1.80 bits per heavy atom. The summed E-state index contributed by atoms with van der Waals surface area (Å²) in [7, 11) is 0. The van der Waals surface area contributed by atoms with Crippen LogP contribution < -0.4 is 5.73 Å². The van der Waals surface area contributed by atoms with E-state index in [1.54, 1.807) is 0 Å². The molecule has 0 saturated heterocycles. The van der Waals surface area contributed by atoms with Crippen molar-refractivity contribution >= 4 is 5.91 Å². The van der Waals surface area contributed by atoms with E-state index < -0.39 is 0 Å². The fraction of sp³-hybridized carbons (Fsp3) is 0.500. The van der Waals surface area contributed by atoms with Gasteiger partial charge >= 0.3 is 0 Å². The first-order chi connectivity index (χ1) is 1.73. The molecule has 0 bridgehead atoms. The Morgan fingerprint density at radius 2 is 1.80 bits per heavy atom. The molecule has 0 aromatic carbocycles. The zero-order chi connectivity index (χ0) is 3.58. The van der Waals surface area contributed by atoms with Crippen LogP contribution in [0.5, 0.6) is 0 Å². The molecule has 0 saturated carbocycles. The van der Waals surface area contributed by atoms with E-state index in [9.17, 15) is 4.79 Å². The summed E-state index contributed by atoms with van der Waals surface area (Å²) < 4.78 is 0. The predicted molar refractivity (Wildman–Crippen MR) is 14.9 cm³/mol. The van der Waals surface area contributed by atoms with Crippen molar-refractivity contribution in [3.05, 3.63) is 0 Å². The Balaban J connectivity index is 0. The Hall–Kier alpha value is 0.730. The topological polar surface area (TPSA) is 43.1 Å². The van der Waals surface area contributed by atoms with Crippen LogP contribution in [0.3, 0.4) is 0 Å². The molecule has 0 aromatic rings. The molecule has 0 fully saturated rings. The molecule has 1 amide bonds. The smallest absolute Gasteiger partial charge is 0.214 e. The Bertz CT molecular complexity index is 32.6. The van der Waals surface area contributed by atoms with Crippen LogP contribution >= 0.6 is 0 Å². The fourth-order valence-corrected chi connectivity index (χ4v) is 0. The maximum atomic E-state index is 9.22. The third kappa shape index (κ3) is 66.2. The average molecular weight is 99.0 g/mol. The molecule has 0 atom stereocenters. The third-order valence-electron chi connectivity index (χ3n) is 0. The van der Waals surface area contributed by atoms with E-state index in [4.69, 9.17) is 0 Å². The standard InChI is InChI=1S/C2H5NO.Ar/c1-2(3)4;/h1H3,(H2,3,4);. The average Bonchev–Trinajstić information content (AvgIpc) is 0.811. The molecule has 0 heterocycles. The van der Waals surface area contributed by atoms with Crippen LogP contribution in [0.25, 0.3) is 0 Å². The van der Waals surface area contributed by atoms with Crippen LogP contribution in [-0.4, -0.2) is 5.91 Å². The number of nitrogens with two attached hydrogens (primary N) is 1. The third-order valence-corrected chi connectivity index (χ3v) is 0. The number of carbonyl (C=O) groups is 1. The first kappa shape index (κ1) is 9.21. The van der Waals surface area contributed by atoms with Crippen LogP contribution in [-0.2, 0) is 4.79 Å². The quantitative estimate of drug-likeness (QED) is 0.436. The molecule has 3 heteroatoms. The van der Waals surface area contributed by atoms with Gasteiger partial charge in [0, 0.05) is 44.7 Å². The molecule has 5 heavy (non-hydrogen) atoms. The van der Waals surface area contributed by atoms with Gasteiger partial charge in [0.1, 0.15) is 0 Å². The molecular weight excluding hydrogens is 94.0 g/mol. The fourth-order valence-electron chi connectivity index (χ4n) is 0. The summed E-state index contributed by atoms with van der Waals surface area (Å²) in [4.78, 5) is 9.22. The molecule has 0 aromatic heterocycles. The van der Waals surface area contributed by atoms with E-state index in [1.165, 1.54) is 6.92 Å². The predicted octanol–water partition coefficient (Wildman–Crippen LogP) is -0.508.